The highest BCUT2D eigenvalue weighted by Gasteiger charge is 2.37. The van der Waals surface area contributed by atoms with Gasteiger partial charge in [0.15, 0.2) is 0 Å². The fourth-order valence-corrected chi connectivity index (χ4v) is 3.06. The minimum atomic E-state index is -4.41. The third-order valence-electron chi connectivity index (χ3n) is 4.58. The summed E-state index contributed by atoms with van der Waals surface area (Å²) >= 11 is 0. The minimum absolute atomic E-state index is 0.142. The number of benzene rings is 1. The van der Waals surface area contributed by atoms with Gasteiger partial charge in [-0.05, 0) is 45.2 Å². The Bertz CT molecular complexity index is 576. The molecule has 1 fully saturated rings. The lowest BCUT2D eigenvalue weighted by atomic mass is 9.82. The third-order valence-corrected chi connectivity index (χ3v) is 4.58. The van der Waals surface area contributed by atoms with E-state index in [1.165, 1.54) is 6.07 Å². The molecule has 1 saturated heterocycles. The van der Waals surface area contributed by atoms with Gasteiger partial charge in [0.2, 0.25) is 5.91 Å². The molecule has 6 heteroatoms. The molecule has 0 saturated carbocycles. The van der Waals surface area contributed by atoms with Gasteiger partial charge in [-0.25, -0.2) is 0 Å². The van der Waals surface area contributed by atoms with E-state index in [2.05, 4.69) is 0 Å². The molecule has 2 rings (SSSR count). The molecular weight excluding hydrogens is 319 g/mol. The zero-order chi connectivity index (χ0) is 18.0. The van der Waals surface area contributed by atoms with Gasteiger partial charge >= 0.3 is 6.18 Å². The van der Waals surface area contributed by atoms with E-state index < -0.39 is 17.2 Å². The smallest absolute Gasteiger partial charge is 0.378 e. The van der Waals surface area contributed by atoms with Crippen LogP contribution < -0.4 is 0 Å². The maximum atomic E-state index is 12.9. The number of carbonyl (C=O) groups is 1. The first-order valence-corrected chi connectivity index (χ1v) is 8.25. The van der Waals surface area contributed by atoms with Crippen LogP contribution >= 0.6 is 0 Å². The van der Waals surface area contributed by atoms with Crippen LogP contribution in [-0.2, 0) is 21.1 Å². The molecule has 1 heterocycles. The number of hydrogen-bond donors (Lipinski definition) is 0. The van der Waals surface area contributed by atoms with Gasteiger partial charge in [-0.3, -0.25) is 4.79 Å². The number of amides is 1. The van der Waals surface area contributed by atoms with Crippen molar-refractivity contribution < 1.29 is 22.7 Å². The van der Waals surface area contributed by atoms with Crippen molar-refractivity contribution in [1.82, 2.24) is 4.90 Å². The average Bonchev–Trinajstić information content (AvgIpc) is 2.54. The molecule has 3 nitrogen and oxygen atoms in total. The van der Waals surface area contributed by atoms with Crippen LogP contribution in [-0.4, -0.2) is 36.6 Å². The SMILES string of the molecule is CCOC1CCN(C(=O)C(C)(C)c2cccc(C(F)(F)F)c2)CC1. The van der Waals surface area contributed by atoms with Crippen LogP contribution in [0.2, 0.25) is 0 Å². The summed E-state index contributed by atoms with van der Waals surface area (Å²) in [7, 11) is 0. The molecule has 1 aromatic carbocycles. The summed E-state index contributed by atoms with van der Waals surface area (Å²) in [4.78, 5) is 14.6. The van der Waals surface area contributed by atoms with Crippen molar-refractivity contribution in [3.63, 3.8) is 0 Å². The Morgan fingerprint density at radius 3 is 2.33 bits per heavy atom. The van der Waals surface area contributed by atoms with Gasteiger partial charge in [0.05, 0.1) is 17.1 Å². The number of ether oxygens (including phenoxy) is 1. The number of hydrogen-bond acceptors (Lipinski definition) is 2. The van der Waals surface area contributed by atoms with Crippen LogP contribution in [0.1, 0.15) is 44.7 Å². The Kier molecular flexibility index (Phi) is 5.58. The van der Waals surface area contributed by atoms with Crippen LogP contribution in [0.4, 0.5) is 13.2 Å². The summed E-state index contributed by atoms with van der Waals surface area (Å²) in [5, 5.41) is 0. The molecule has 0 atom stereocenters. The van der Waals surface area contributed by atoms with Crippen molar-refractivity contribution in [3.05, 3.63) is 35.4 Å². The maximum Gasteiger partial charge on any atom is 0.416 e. The molecule has 0 aromatic heterocycles. The maximum absolute atomic E-state index is 12.9. The molecule has 1 amide bonds. The topological polar surface area (TPSA) is 29.5 Å². The normalized spacial score (nSPS) is 17.2. The molecule has 1 aromatic rings. The molecule has 1 aliphatic heterocycles. The molecule has 0 bridgehead atoms. The molecule has 0 radical (unpaired) electrons. The second kappa shape index (κ2) is 7.13. The quantitative estimate of drug-likeness (QED) is 0.827. The summed E-state index contributed by atoms with van der Waals surface area (Å²) in [6, 6.07) is 5.04. The van der Waals surface area contributed by atoms with Crippen molar-refractivity contribution in [2.24, 2.45) is 0 Å². The second-order valence-corrected chi connectivity index (χ2v) is 6.65. The Hall–Kier alpha value is -1.56. The number of piperidine rings is 1. The van der Waals surface area contributed by atoms with Gasteiger partial charge in [-0.15, -0.1) is 0 Å². The number of nitrogens with zero attached hydrogens (tertiary/aromatic N) is 1. The third kappa shape index (κ3) is 4.09. The van der Waals surface area contributed by atoms with E-state index >= 15 is 0 Å². The van der Waals surface area contributed by atoms with Gasteiger partial charge in [0.25, 0.3) is 0 Å². The van der Waals surface area contributed by atoms with Gasteiger partial charge in [0.1, 0.15) is 0 Å². The van der Waals surface area contributed by atoms with Gasteiger partial charge < -0.3 is 9.64 Å². The first-order chi connectivity index (χ1) is 11.2. The lowest BCUT2D eigenvalue weighted by molar-refractivity contribution is -0.140. The predicted molar refractivity (Wildman–Crippen MR) is 85.7 cm³/mol. The minimum Gasteiger partial charge on any atom is -0.378 e. The van der Waals surface area contributed by atoms with Crippen LogP contribution in [0.15, 0.2) is 24.3 Å². The number of halogens is 3. The number of likely N-dealkylation sites (tertiary alicyclic amines) is 1. The summed E-state index contributed by atoms with van der Waals surface area (Å²) in [5.74, 6) is -0.142. The first-order valence-electron chi connectivity index (χ1n) is 8.25. The fourth-order valence-electron chi connectivity index (χ4n) is 3.06. The summed E-state index contributed by atoms with van der Waals surface area (Å²) in [6.45, 7) is 7.10. The number of rotatable bonds is 4. The van der Waals surface area contributed by atoms with Crippen molar-refractivity contribution in [1.29, 1.82) is 0 Å². The average molecular weight is 343 g/mol. The van der Waals surface area contributed by atoms with E-state index in [1.54, 1.807) is 24.8 Å². The van der Waals surface area contributed by atoms with Gasteiger partial charge in [-0.2, -0.15) is 13.2 Å². The van der Waals surface area contributed by atoms with Crippen molar-refractivity contribution in [3.8, 4) is 0 Å². The second-order valence-electron chi connectivity index (χ2n) is 6.65. The van der Waals surface area contributed by atoms with E-state index in [0.29, 0.717) is 25.3 Å². The summed E-state index contributed by atoms with van der Waals surface area (Å²) in [5.41, 5.74) is -1.34. The summed E-state index contributed by atoms with van der Waals surface area (Å²) in [6.07, 6.45) is -2.72. The van der Waals surface area contributed by atoms with E-state index in [1.807, 2.05) is 6.92 Å². The van der Waals surface area contributed by atoms with E-state index in [-0.39, 0.29) is 12.0 Å². The first kappa shape index (κ1) is 18.8. The molecule has 1 aliphatic rings. The van der Waals surface area contributed by atoms with Crippen LogP contribution in [0.5, 0.6) is 0 Å². The van der Waals surface area contributed by atoms with E-state index in [0.717, 1.165) is 25.0 Å². The Morgan fingerprint density at radius 1 is 1.21 bits per heavy atom. The monoisotopic (exact) mass is 343 g/mol. The van der Waals surface area contributed by atoms with Gasteiger partial charge in [-0.1, -0.05) is 18.2 Å². The largest absolute Gasteiger partial charge is 0.416 e. The Morgan fingerprint density at radius 2 is 1.79 bits per heavy atom. The van der Waals surface area contributed by atoms with Crippen molar-refractivity contribution >= 4 is 5.91 Å². The van der Waals surface area contributed by atoms with Crippen LogP contribution in [0, 0.1) is 0 Å². The highest BCUT2D eigenvalue weighted by atomic mass is 19.4. The molecular formula is C18H24F3NO2. The summed E-state index contributed by atoms with van der Waals surface area (Å²) < 4.78 is 44.3. The zero-order valence-electron chi connectivity index (χ0n) is 14.3. The molecule has 24 heavy (non-hydrogen) atoms. The van der Waals surface area contributed by atoms with Gasteiger partial charge in [0, 0.05) is 19.7 Å². The molecule has 0 spiro atoms. The Balaban J connectivity index is 2.14. The standard InChI is InChI=1S/C18H24F3NO2/c1-4-24-15-8-10-22(11-9-15)16(23)17(2,3)13-6-5-7-14(12-13)18(19,20)21/h5-7,12,15H,4,8-11H2,1-3H3. The highest BCUT2D eigenvalue weighted by Crippen LogP contribution is 2.34. The highest BCUT2D eigenvalue weighted by molar-refractivity contribution is 5.87. The van der Waals surface area contributed by atoms with Crippen LogP contribution in [0.3, 0.4) is 0 Å². The predicted octanol–water partition coefficient (Wildman–Crippen LogP) is 4.01. The number of alkyl halides is 3. The molecule has 0 aliphatic carbocycles. The number of carbonyl (C=O) groups excluding carboxylic acids is 1. The van der Waals surface area contributed by atoms with Crippen molar-refractivity contribution in [2.45, 2.75) is 51.3 Å². The molecule has 0 unspecified atom stereocenters. The van der Waals surface area contributed by atoms with Crippen LogP contribution in [0.25, 0.3) is 0 Å². The lowest BCUT2D eigenvalue weighted by Crippen LogP contribution is -2.48. The molecule has 134 valence electrons. The molecule has 0 N–H and O–H groups in total. The van der Waals surface area contributed by atoms with Crippen molar-refractivity contribution in [2.75, 3.05) is 19.7 Å². The van der Waals surface area contributed by atoms with E-state index in [4.69, 9.17) is 4.74 Å². The van der Waals surface area contributed by atoms with E-state index in [9.17, 15) is 18.0 Å². The fraction of sp³-hybridized carbons (Fsp3) is 0.611. The lowest BCUT2D eigenvalue weighted by Gasteiger charge is -2.37. The zero-order valence-corrected chi connectivity index (χ0v) is 14.3. The Labute approximate surface area is 140 Å².